The van der Waals surface area contributed by atoms with Crippen molar-refractivity contribution in [2.45, 2.75) is 27.7 Å². The summed E-state index contributed by atoms with van der Waals surface area (Å²) in [5, 5.41) is 5.21. The first-order valence-corrected chi connectivity index (χ1v) is 11.1. The fourth-order valence-corrected chi connectivity index (χ4v) is 4.00. The van der Waals surface area contributed by atoms with E-state index in [9.17, 15) is 19.2 Å². The van der Waals surface area contributed by atoms with Crippen LogP contribution in [0.2, 0.25) is 0 Å². The van der Waals surface area contributed by atoms with Gasteiger partial charge in [0, 0.05) is 24.2 Å². The zero-order valence-corrected chi connectivity index (χ0v) is 20.2. The largest absolute Gasteiger partial charge is 0.352 e. The van der Waals surface area contributed by atoms with E-state index in [0.717, 1.165) is 22.3 Å². The Bertz CT molecular complexity index is 1000. The van der Waals surface area contributed by atoms with E-state index in [1.165, 1.54) is 12.2 Å². The molecule has 0 spiro atoms. The highest BCUT2D eigenvalue weighted by atomic mass is 16.2. The quantitative estimate of drug-likeness (QED) is 0.303. The van der Waals surface area contributed by atoms with Crippen LogP contribution in [-0.2, 0) is 9.59 Å². The highest BCUT2D eigenvalue weighted by molar-refractivity contribution is 6.20. The molecule has 2 amide bonds. The first-order valence-electron chi connectivity index (χ1n) is 11.1. The molecular weight excluding hydrogens is 428 g/mol. The SMILES string of the molecule is C=CCNC(=O)[C@@H](C(=O)c1cc(C)cc(C)c1)[C@@H](C(=O)NCC=C)C(=O)c1cc(C)cc(C)c1. The molecule has 2 atom stereocenters. The molecule has 0 aliphatic heterocycles. The van der Waals surface area contributed by atoms with Crippen LogP contribution < -0.4 is 10.6 Å². The number of hydrogen-bond donors (Lipinski definition) is 2. The maximum atomic E-state index is 13.7. The van der Waals surface area contributed by atoms with E-state index >= 15 is 0 Å². The van der Waals surface area contributed by atoms with Crippen molar-refractivity contribution in [1.29, 1.82) is 0 Å². The van der Waals surface area contributed by atoms with E-state index in [1.54, 1.807) is 24.3 Å². The Kier molecular flexibility index (Phi) is 9.25. The van der Waals surface area contributed by atoms with E-state index in [0.29, 0.717) is 0 Å². The molecule has 6 heteroatoms. The second-order valence-corrected chi connectivity index (χ2v) is 8.50. The third-order valence-electron chi connectivity index (χ3n) is 5.32. The van der Waals surface area contributed by atoms with Gasteiger partial charge in [-0.3, -0.25) is 19.2 Å². The zero-order chi connectivity index (χ0) is 25.4. The van der Waals surface area contributed by atoms with Crippen molar-refractivity contribution in [3.8, 4) is 0 Å². The summed E-state index contributed by atoms with van der Waals surface area (Å²) in [4.78, 5) is 53.9. The average Bonchev–Trinajstić information content (AvgIpc) is 2.77. The molecule has 0 saturated carbocycles. The molecule has 34 heavy (non-hydrogen) atoms. The summed E-state index contributed by atoms with van der Waals surface area (Å²) in [6, 6.07) is 10.4. The van der Waals surface area contributed by atoms with Gasteiger partial charge in [0.25, 0.3) is 0 Å². The molecule has 2 aromatic carbocycles. The Morgan fingerprint density at radius 2 is 0.941 bits per heavy atom. The maximum Gasteiger partial charge on any atom is 0.232 e. The van der Waals surface area contributed by atoms with Gasteiger partial charge in [0.15, 0.2) is 11.6 Å². The molecule has 178 valence electrons. The first kappa shape index (κ1) is 26.5. The molecular formula is C28H32N2O4. The van der Waals surface area contributed by atoms with E-state index in [2.05, 4.69) is 23.8 Å². The third-order valence-corrected chi connectivity index (χ3v) is 5.32. The molecule has 6 nitrogen and oxygen atoms in total. The smallest absolute Gasteiger partial charge is 0.232 e. The second-order valence-electron chi connectivity index (χ2n) is 8.50. The number of carbonyl (C=O) groups excluding carboxylic acids is 4. The van der Waals surface area contributed by atoms with Gasteiger partial charge in [0.2, 0.25) is 11.8 Å². The average molecular weight is 461 g/mol. The first-order chi connectivity index (χ1) is 16.1. The Morgan fingerprint density at radius 3 is 1.21 bits per heavy atom. The number of hydrogen-bond acceptors (Lipinski definition) is 4. The molecule has 0 radical (unpaired) electrons. The minimum absolute atomic E-state index is 0.0915. The Balaban J connectivity index is 2.67. The van der Waals surface area contributed by atoms with Crippen LogP contribution in [0.4, 0.5) is 0 Å². The normalized spacial score (nSPS) is 12.2. The Hall–Kier alpha value is -3.80. The monoisotopic (exact) mass is 460 g/mol. The molecule has 0 aliphatic rings. The van der Waals surface area contributed by atoms with Crippen molar-refractivity contribution in [2.75, 3.05) is 13.1 Å². The minimum atomic E-state index is -1.56. The van der Waals surface area contributed by atoms with Crippen LogP contribution in [0.1, 0.15) is 43.0 Å². The van der Waals surface area contributed by atoms with Gasteiger partial charge >= 0.3 is 0 Å². The topological polar surface area (TPSA) is 92.3 Å². The van der Waals surface area contributed by atoms with Gasteiger partial charge in [-0.1, -0.05) is 46.5 Å². The van der Waals surface area contributed by atoms with E-state index in [4.69, 9.17) is 0 Å². The number of amides is 2. The van der Waals surface area contributed by atoms with E-state index in [-0.39, 0.29) is 24.2 Å². The lowest BCUT2D eigenvalue weighted by atomic mass is 9.79. The van der Waals surface area contributed by atoms with Gasteiger partial charge in [-0.2, -0.15) is 0 Å². The fourth-order valence-electron chi connectivity index (χ4n) is 4.00. The molecule has 0 unspecified atom stereocenters. The fraction of sp³-hybridized carbons (Fsp3) is 0.286. The van der Waals surface area contributed by atoms with Crippen molar-refractivity contribution in [3.05, 3.63) is 95.1 Å². The predicted molar refractivity (Wildman–Crippen MR) is 134 cm³/mol. The van der Waals surface area contributed by atoms with Crippen LogP contribution >= 0.6 is 0 Å². The van der Waals surface area contributed by atoms with Crippen LogP contribution in [0.3, 0.4) is 0 Å². The number of benzene rings is 2. The van der Waals surface area contributed by atoms with Crippen LogP contribution in [0.15, 0.2) is 61.7 Å². The summed E-state index contributed by atoms with van der Waals surface area (Å²) in [7, 11) is 0. The molecule has 2 aromatic rings. The number of Topliss-reactive ketones (excluding diaryl/α,β-unsaturated/α-hetero) is 2. The van der Waals surface area contributed by atoms with Gasteiger partial charge in [0.1, 0.15) is 11.8 Å². The van der Waals surface area contributed by atoms with Gasteiger partial charge in [0.05, 0.1) is 0 Å². The second kappa shape index (κ2) is 11.9. The van der Waals surface area contributed by atoms with Gasteiger partial charge < -0.3 is 10.6 Å². The molecule has 0 bridgehead atoms. The Morgan fingerprint density at radius 1 is 0.647 bits per heavy atom. The van der Waals surface area contributed by atoms with Gasteiger partial charge in [-0.05, 0) is 52.0 Å². The van der Waals surface area contributed by atoms with Crippen LogP contribution in [-0.4, -0.2) is 36.5 Å². The lowest BCUT2D eigenvalue weighted by Crippen LogP contribution is -2.49. The van der Waals surface area contributed by atoms with Crippen molar-refractivity contribution >= 4 is 23.4 Å². The van der Waals surface area contributed by atoms with Crippen LogP contribution in [0.5, 0.6) is 0 Å². The minimum Gasteiger partial charge on any atom is -0.352 e. The van der Waals surface area contributed by atoms with E-state index in [1.807, 2.05) is 39.8 Å². The molecule has 0 aromatic heterocycles. The van der Waals surface area contributed by atoms with Crippen molar-refractivity contribution in [1.82, 2.24) is 10.6 Å². The predicted octanol–water partition coefficient (Wildman–Crippen LogP) is 3.82. The summed E-state index contributed by atoms with van der Waals surface area (Å²) in [5.74, 6) is -5.71. The molecule has 2 rings (SSSR count). The number of aryl methyl sites for hydroxylation is 4. The molecule has 0 heterocycles. The highest BCUT2D eigenvalue weighted by Gasteiger charge is 2.44. The van der Waals surface area contributed by atoms with Crippen molar-refractivity contribution in [3.63, 3.8) is 0 Å². The lowest BCUT2D eigenvalue weighted by Gasteiger charge is -2.24. The summed E-state index contributed by atoms with van der Waals surface area (Å²) in [5.41, 5.74) is 3.88. The molecule has 0 fully saturated rings. The van der Waals surface area contributed by atoms with Crippen molar-refractivity contribution < 1.29 is 19.2 Å². The Labute approximate surface area is 201 Å². The van der Waals surface area contributed by atoms with Crippen LogP contribution in [0.25, 0.3) is 0 Å². The van der Waals surface area contributed by atoms with Gasteiger partial charge in [-0.15, -0.1) is 13.2 Å². The van der Waals surface area contributed by atoms with Crippen LogP contribution in [0, 0.1) is 39.5 Å². The molecule has 0 saturated heterocycles. The maximum absolute atomic E-state index is 13.7. The van der Waals surface area contributed by atoms with E-state index < -0.39 is 35.2 Å². The third kappa shape index (κ3) is 6.61. The van der Waals surface area contributed by atoms with Gasteiger partial charge in [-0.25, -0.2) is 0 Å². The lowest BCUT2D eigenvalue weighted by molar-refractivity contribution is -0.131. The molecule has 2 N–H and O–H groups in total. The standard InChI is InChI=1S/C28H32N2O4/c1-7-9-29-27(33)23(25(31)21-13-17(3)11-18(4)14-21)24(28(34)30-10-8-2)26(32)22-15-19(5)12-20(6)16-22/h7-8,11-16,23-24H,1-2,9-10H2,3-6H3,(H,29,33)(H,30,34)/t23-,24-/m1/s1. The number of nitrogens with one attached hydrogen (secondary N) is 2. The molecule has 0 aliphatic carbocycles. The summed E-state index contributed by atoms with van der Waals surface area (Å²) in [6.07, 6.45) is 2.93. The highest BCUT2D eigenvalue weighted by Crippen LogP contribution is 2.25. The number of ketones is 2. The zero-order valence-electron chi connectivity index (χ0n) is 20.2. The number of rotatable bonds is 11. The summed E-state index contributed by atoms with van der Waals surface area (Å²) in [6.45, 7) is 14.7. The summed E-state index contributed by atoms with van der Waals surface area (Å²) < 4.78 is 0. The summed E-state index contributed by atoms with van der Waals surface area (Å²) >= 11 is 0. The number of carbonyl (C=O) groups is 4. The van der Waals surface area contributed by atoms with Crippen molar-refractivity contribution in [2.24, 2.45) is 11.8 Å².